The molecule has 0 radical (unpaired) electrons. The van der Waals surface area contributed by atoms with E-state index in [1.54, 1.807) is 29.2 Å². The Morgan fingerprint density at radius 3 is 2.20 bits per heavy atom. The molecule has 1 rings (SSSR count). The molecule has 110 valence electrons. The summed E-state index contributed by atoms with van der Waals surface area (Å²) in [6.45, 7) is 7.63. The van der Waals surface area contributed by atoms with Gasteiger partial charge in [-0.3, -0.25) is 9.59 Å². The third-order valence-corrected chi connectivity index (χ3v) is 2.94. The standard InChI is InChI=1S/C15H22N2O3/c1-4-17(5-2)14(18)11-16-15(19)12-7-9-13(10-8-12)20-6-3/h7-10H,4-6,11H2,1-3H3,(H,16,19). The average Bonchev–Trinajstić information content (AvgIpc) is 2.47. The van der Waals surface area contributed by atoms with E-state index in [0.29, 0.717) is 25.3 Å². The fourth-order valence-corrected chi connectivity index (χ4v) is 1.82. The minimum Gasteiger partial charge on any atom is -0.494 e. The van der Waals surface area contributed by atoms with Crippen LogP contribution in [0.1, 0.15) is 31.1 Å². The first-order chi connectivity index (χ1) is 9.62. The maximum Gasteiger partial charge on any atom is 0.251 e. The van der Waals surface area contributed by atoms with E-state index in [-0.39, 0.29) is 18.4 Å². The van der Waals surface area contributed by atoms with Gasteiger partial charge < -0.3 is 15.0 Å². The van der Waals surface area contributed by atoms with Crippen molar-refractivity contribution >= 4 is 11.8 Å². The molecule has 0 aliphatic rings. The smallest absolute Gasteiger partial charge is 0.251 e. The van der Waals surface area contributed by atoms with Crippen molar-refractivity contribution in [3.05, 3.63) is 29.8 Å². The summed E-state index contributed by atoms with van der Waals surface area (Å²) < 4.78 is 5.31. The van der Waals surface area contributed by atoms with Crippen molar-refractivity contribution in [3.8, 4) is 5.75 Å². The van der Waals surface area contributed by atoms with Crippen LogP contribution in [0.5, 0.6) is 5.75 Å². The van der Waals surface area contributed by atoms with Gasteiger partial charge in [0.1, 0.15) is 5.75 Å². The van der Waals surface area contributed by atoms with E-state index >= 15 is 0 Å². The molecule has 20 heavy (non-hydrogen) atoms. The SMILES string of the molecule is CCOc1ccc(C(=O)NCC(=O)N(CC)CC)cc1. The predicted molar refractivity (Wildman–Crippen MR) is 77.9 cm³/mol. The Labute approximate surface area is 119 Å². The molecule has 1 N–H and O–H groups in total. The van der Waals surface area contributed by atoms with Gasteiger partial charge in [0, 0.05) is 18.7 Å². The normalized spacial score (nSPS) is 9.95. The van der Waals surface area contributed by atoms with Crippen LogP contribution in [0.25, 0.3) is 0 Å². The molecule has 5 nitrogen and oxygen atoms in total. The third-order valence-electron chi connectivity index (χ3n) is 2.94. The zero-order valence-electron chi connectivity index (χ0n) is 12.3. The van der Waals surface area contributed by atoms with Crippen molar-refractivity contribution in [2.45, 2.75) is 20.8 Å². The lowest BCUT2D eigenvalue weighted by molar-refractivity contribution is -0.129. The Balaban J connectivity index is 2.52. The van der Waals surface area contributed by atoms with Gasteiger partial charge in [-0.2, -0.15) is 0 Å². The number of carbonyl (C=O) groups excluding carboxylic acids is 2. The van der Waals surface area contributed by atoms with Gasteiger partial charge in [-0.25, -0.2) is 0 Å². The van der Waals surface area contributed by atoms with Gasteiger partial charge in [-0.15, -0.1) is 0 Å². The van der Waals surface area contributed by atoms with Gasteiger partial charge in [-0.1, -0.05) is 0 Å². The van der Waals surface area contributed by atoms with Crippen molar-refractivity contribution in [2.24, 2.45) is 0 Å². The van der Waals surface area contributed by atoms with Crippen LogP contribution >= 0.6 is 0 Å². The maximum absolute atomic E-state index is 11.9. The summed E-state index contributed by atoms with van der Waals surface area (Å²) in [4.78, 5) is 25.3. The zero-order chi connectivity index (χ0) is 15.0. The van der Waals surface area contributed by atoms with E-state index < -0.39 is 0 Å². The Kier molecular flexibility index (Phi) is 6.56. The Hall–Kier alpha value is -2.04. The van der Waals surface area contributed by atoms with Crippen molar-refractivity contribution < 1.29 is 14.3 Å². The molecular weight excluding hydrogens is 256 g/mol. The zero-order valence-corrected chi connectivity index (χ0v) is 12.3. The monoisotopic (exact) mass is 278 g/mol. The van der Waals surface area contributed by atoms with Crippen molar-refractivity contribution in [1.29, 1.82) is 0 Å². The van der Waals surface area contributed by atoms with Gasteiger partial charge in [0.25, 0.3) is 5.91 Å². The highest BCUT2D eigenvalue weighted by Crippen LogP contribution is 2.11. The highest BCUT2D eigenvalue weighted by molar-refractivity contribution is 5.96. The molecule has 0 saturated carbocycles. The molecule has 1 aromatic rings. The van der Waals surface area contributed by atoms with Crippen LogP contribution in [0.15, 0.2) is 24.3 Å². The number of hydrogen-bond acceptors (Lipinski definition) is 3. The number of likely N-dealkylation sites (N-methyl/N-ethyl adjacent to an activating group) is 1. The molecule has 0 saturated heterocycles. The largest absolute Gasteiger partial charge is 0.494 e. The van der Waals surface area contributed by atoms with Gasteiger partial charge in [0.05, 0.1) is 13.2 Å². The van der Waals surface area contributed by atoms with Gasteiger partial charge in [0.15, 0.2) is 0 Å². The first kappa shape index (κ1) is 16.0. The lowest BCUT2D eigenvalue weighted by Gasteiger charge is -2.18. The van der Waals surface area contributed by atoms with Gasteiger partial charge >= 0.3 is 0 Å². The quantitative estimate of drug-likeness (QED) is 0.825. The minimum atomic E-state index is -0.256. The summed E-state index contributed by atoms with van der Waals surface area (Å²) >= 11 is 0. The molecule has 0 heterocycles. The van der Waals surface area contributed by atoms with E-state index in [2.05, 4.69) is 5.32 Å². The van der Waals surface area contributed by atoms with E-state index in [0.717, 1.165) is 5.75 Å². The molecular formula is C15H22N2O3. The molecule has 2 amide bonds. The average molecular weight is 278 g/mol. The molecule has 0 aliphatic carbocycles. The number of rotatable bonds is 7. The van der Waals surface area contributed by atoms with E-state index in [1.807, 2.05) is 20.8 Å². The highest BCUT2D eigenvalue weighted by atomic mass is 16.5. The number of nitrogens with zero attached hydrogens (tertiary/aromatic N) is 1. The van der Waals surface area contributed by atoms with E-state index in [1.165, 1.54) is 0 Å². The van der Waals surface area contributed by atoms with Crippen molar-refractivity contribution in [2.75, 3.05) is 26.2 Å². The number of ether oxygens (including phenoxy) is 1. The van der Waals surface area contributed by atoms with Crippen LogP contribution in [0.4, 0.5) is 0 Å². The van der Waals surface area contributed by atoms with Crippen LogP contribution in [-0.2, 0) is 4.79 Å². The number of hydrogen-bond donors (Lipinski definition) is 1. The summed E-state index contributed by atoms with van der Waals surface area (Å²) in [5.74, 6) is 0.395. The third kappa shape index (κ3) is 4.57. The first-order valence-electron chi connectivity index (χ1n) is 6.91. The Bertz CT molecular complexity index is 439. The van der Waals surface area contributed by atoms with E-state index in [4.69, 9.17) is 4.74 Å². The highest BCUT2D eigenvalue weighted by Gasteiger charge is 2.12. The molecule has 0 bridgehead atoms. The summed E-state index contributed by atoms with van der Waals surface area (Å²) in [5, 5.41) is 2.63. The fraction of sp³-hybridized carbons (Fsp3) is 0.467. The van der Waals surface area contributed by atoms with Crippen LogP contribution < -0.4 is 10.1 Å². The lowest BCUT2D eigenvalue weighted by atomic mass is 10.2. The molecule has 0 spiro atoms. The molecule has 1 aromatic carbocycles. The number of carbonyl (C=O) groups is 2. The minimum absolute atomic E-state index is 0.0216. The second-order valence-electron chi connectivity index (χ2n) is 4.21. The summed E-state index contributed by atoms with van der Waals surface area (Å²) in [7, 11) is 0. The molecule has 0 fully saturated rings. The summed E-state index contributed by atoms with van der Waals surface area (Å²) in [5.41, 5.74) is 0.515. The lowest BCUT2D eigenvalue weighted by Crippen LogP contribution is -2.39. The first-order valence-corrected chi connectivity index (χ1v) is 6.91. The van der Waals surface area contributed by atoms with Crippen LogP contribution in [0.3, 0.4) is 0 Å². The summed E-state index contributed by atoms with van der Waals surface area (Å²) in [6.07, 6.45) is 0. The fourth-order valence-electron chi connectivity index (χ4n) is 1.82. The van der Waals surface area contributed by atoms with Gasteiger partial charge in [0.2, 0.25) is 5.91 Å². The number of amides is 2. The van der Waals surface area contributed by atoms with Crippen molar-refractivity contribution in [3.63, 3.8) is 0 Å². The molecule has 0 aliphatic heterocycles. The Morgan fingerprint density at radius 2 is 1.70 bits per heavy atom. The number of nitrogens with one attached hydrogen (secondary N) is 1. The van der Waals surface area contributed by atoms with Gasteiger partial charge in [-0.05, 0) is 45.0 Å². The summed E-state index contributed by atoms with van der Waals surface area (Å²) in [6, 6.07) is 6.85. The van der Waals surface area contributed by atoms with E-state index in [9.17, 15) is 9.59 Å². The van der Waals surface area contributed by atoms with Crippen LogP contribution in [-0.4, -0.2) is 43.0 Å². The van der Waals surface area contributed by atoms with Crippen molar-refractivity contribution in [1.82, 2.24) is 10.2 Å². The number of benzene rings is 1. The second kappa shape index (κ2) is 8.19. The van der Waals surface area contributed by atoms with Crippen LogP contribution in [0, 0.1) is 0 Å². The molecule has 0 aromatic heterocycles. The van der Waals surface area contributed by atoms with Crippen LogP contribution in [0.2, 0.25) is 0 Å². The predicted octanol–water partition coefficient (Wildman–Crippen LogP) is 1.68. The molecule has 0 unspecified atom stereocenters. The Morgan fingerprint density at radius 1 is 1.10 bits per heavy atom. The topological polar surface area (TPSA) is 58.6 Å². The second-order valence-corrected chi connectivity index (χ2v) is 4.21. The maximum atomic E-state index is 11.9. The molecule has 0 atom stereocenters. The molecule has 5 heteroatoms.